The van der Waals surface area contributed by atoms with Crippen LogP contribution in [0.15, 0.2) is 47.7 Å². The van der Waals surface area contributed by atoms with Gasteiger partial charge in [0.15, 0.2) is 11.6 Å². The molecule has 2 nitrogen and oxygen atoms in total. The van der Waals surface area contributed by atoms with E-state index in [1.807, 2.05) is 0 Å². The summed E-state index contributed by atoms with van der Waals surface area (Å²) in [4.78, 5) is 7.95. The van der Waals surface area contributed by atoms with Crippen molar-refractivity contribution in [2.45, 2.75) is 0 Å². The molecular formula is C12H8F2N2. The van der Waals surface area contributed by atoms with Gasteiger partial charge in [0.2, 0.25) is 0 Å². The molecule has 0 fully saturated rings. The second-order valence-corrected chi connectivity index (χ2v) is 3.14. The van der Waals surface area contributed by atoms with Crippen LogP contribution in [0.5, 0.6) is 0 Å². The van der Waals surface area contributed by atoms with E-state index in [1.165, 1.54) is 12.3 Å². The van der Waals surface area contributed by atoms with Crippen molar-refractivity contribution in [3.05, 3.63) is 59.9 Å². The standard InChI is InChI=1S/C12H8F2N2/c13-11-4-3-9(6-12(11)14)7-16-10-2-1-5-15-8-10/h1-8H. The topological polar surface area (TPSA) is 25.2 Å². The molecule has 16 heavy (non-hydrogen) atoms. The Morgan fingerprint density at radius 1 is 1.12 bits per heavy atom. The molecule has 2 rings (SSSR count). The highest BCUT2D eigenvalue weighted by Crippen LogP contribution is 2.10. The lowest BCUT2D eigenvalue weighted by atomic mass is 10.2. The van der Waals surface area contributed by atoms with E-state index < -0.39 is 11.6 Å². The van der Waals surface area contributed by atoms with Crippen molar-refractivity contribution >= 4 is 11.9 Å². The molecule has 2 aromatic rings. The van der Waals surface area contributed by atoms with E-state index in [4.69, 9.17) is 0 Å². The SMILES string of the molecule is Fc1ccc(C=Nc2cccnc2)cc1F. The summed E-state index contributed by atoms with van der Waals surface area (Å²) in [5.74, 6) is -1.74. The minimum Gasteiger partial charge on any atom is -0.262 e. The van der Waals surface area contributed by atoms with Gasteiger partial charge in [-0.25, -0.2) is 8.78 Å². The van der Waals surface area contributed by atoms with Crippen molar-refractivity contribution in [2.24, 2.45) is 4.99 Å². The summed E-state index contributed by atoms with van der Waals surface area (Å²) in [5, 5.41) is 0. The summed E-state index contributed by atoms with van der Waals surface area (Å²) in [6.45, 7) is 0. The molecular weight excluding hydrogens is 210 g/mol. The van der Waals surface area contributed by atoms with Gasteiger partial charge >= 0.3 is 0 Å². The van der Waals surface area contributed by atoms with Crippen LogP contribution in [0.25, 0.3) is 0 Å². The average molecular weight is 218 g/mol. The monoisotopic (exact) mass is 218 g/mol. The number of aromatic nitrogens is 1. The predicted molar refractivity (Wildman–Crippen MR) is 57.8 cm³/mol. The van der Waals surface area contributed by atoms with Gasteiger partial charge in [-0.15, -0.1) is 0 Å². The highest BCUT2D eigenvalue weighted by Gasteiger charge is 2.00. The van der Waals surface area contributed by atoms with E-state index in [0.717, 1.165) is 12.1 Å². The molecule has 0 aliphatic rings. The molecule has 0 N–H and O–H groups in total. The number of halogens is 2. The first-order chi connectivity index (χ1) is 7.75. The van der Waals surface area contributed by atoms with Gasteiger partial charge < -0.3 is 0 Å². The lowest BCUT2D eigenvalue weighted by Crippen LogP contribution is -1.87. The summed E-state index contributed by atoms with van der Waals surface area (Å²) in [6, 6.07) is 7.13. The minimum atomic E-state index is -0.880. The summed E-state index contributed by atoms with van der Waals surface area (Å²) in [7, 11) is 0. The summed E-state index contributed by atoms with van der Waals surface area (Å²) < 4.78 is 25.5. The van der Waals surface area contributed by atoms with Crippen molar-refractivity contribution < 1.29 is 8.78 Å². The Balaban J connectivity index is 2.21. The fourth-order valence-corrected chi connectivity index (χ4v) is 1.17. The van der Waals surface area contributed by atoms with Crippen LogP contribution >= 0.6 is 0 Å². The van der Waals surface area contributed by atoms with Crippen molar-refractivity contribution in [3.63, 3.8) is 0 Å². The molecule has 0 saturated carbocycles. The second kappa shape index (κ2) is 4.61. The number of benzene rings is 1. The molecule has 0 amide bonds. The van der Waals surface area contributed by atoms with Gasteiger partial charge in [-0.2, -0.15) is 0 Å². The van der Waals surface area contributed by atoms with Crippen LogP contribution in [-0.4, -0.2) is 11.2 Å². The van der Waals surface area contributed by atoms with Crippen LogP contribution in [-0.2, 0) is 0 Å². The number of pyridine rings is 1. The zero-order chi connectivity index (χ0) is 11.4. The van der Waals surface area contributed by atoms with E-state index >= 15 is 0 Å². The summed E-state index contributed by atoms with van der Waals surface area (Å²) >= 11 is 0. The molecule has 0 aliphatic carbocycles. The minimum absolute atomic E-state index is 0.503. The summed E-state index contributed by atoms with van der Waals surface area (Å²) in [5.41, 5.74) is 1.16. The van der Waals surface area contributed by atoms with Crippen molar-refractivity contribution in [2.75, 3.05) is 0 Å². The number of hydrogen-bond donors (Lipinski definition) is 0. The molecule has 0 bridgehead atoms. The average Bonchev–Trinajstić information content (AvgIpc) is 2.32. The van der Waals surface area contributed by atoms with E-state index in [0.29, 0.717) is 11.3 Å². The molecule has 1 heterocycles. The molecule has 80 valence electrons. The maximum absolute atomic E-state index is 12.9. The van der Waals surface area contributed by atoms with E-state index in [2.05, 4.69) is 9.98 Å². The Morgan fingerprint density at radius 2 is 2.00 bits per heavy atom. The molecule has 0 aliphatic heterocycles. The molecule has 0 unspecified atom stereocenters. The van der Waals surface area contributed by atoms with Crippen LogP contribution in [0, 0.1) is 11.6 Å². The zero-order valence-corrected chi connectivity index (χ0v) is 8.27. The normalized spacial score (nSPS) is 10.9. The third kappa shape index (κ3) is 2.48. The van der Waals surface area contributed by atoms with Gasteiger partial charge in [0, 0.05) is 12.4 Å². The third-order valence-electron chi connectivity index (χ3n) is 1.95. The Bertz CT molecular complexity index is 510. The number of rotatable bonds is 2. The van der Waals surface area contributed by atoms with Gasteiger partial charge in [-0.1, -0.05) is 6.07 Å². The molecule has 0 atom stereocenters. The largest absolute Gasteiger partial charge is 0.262 e. The Morgan fingerprint density at radius 3 is 2.69 bits per heavy atom. The van der Waals surface area contributed by atoms with E-state index in [1.54, 1.807) is 24.5 Å². The highest BCUT2D eigenvalue weighted by atomic mass is 19.2. The second-order valence-electron chi connectivity index (χ2n) is 3.14. The fourth-order valence-electron chi connectivity index (χ4n) is 1.17. The number of nitrogens with zero attached hydrogens (tertiary/aromatic N) is 2. The van der Waals surface area contributed by atoms with Crippen molar-refractivity contribution in [1.82, 2.24) is 4.98 Å². The van der Waals surface area contributed by atoms with Gasteiger partial charge in [-0.05, 0) is 29.8 Å². The lowest BCUT2D eigenvalue weighted by Gasteiger charge is -1.95. The number of hydrogen-bond acceptors (Lipinski definition) is 2. The highest BCUT2D eigenvalue weighted by molar-refractivity contribution is 5.81. The summed E-state index contributed by atoms with van der Waals surface area (Å²) in [6.07, 6.45) is 4.67. The first-order valence-corrected chi connectivity index (χ1v) is 4.65. The van der Waals surface area contributed by atoms with Crippen LogP contribution in [0.3, 0.4) is 0 Å². The maximum Gasteiger partial charge on any atom is 0.159 e. The van der Waals surface area contributed by atoms with Crippen LogP contribution < -0.4 is 0 Å². The Hall–Kier alpha value is -2.10. The number of aliphatic imine (C=N–C) groups is 1. The maximum atomic E-state index is 12.9. The van der Waals surface area contributed by atoms with Gasteiger partial charge in [0.1, 0.15) is 0 Å². The van der Waals surface area contributed by atoms with Gasteiger partial charge in [0.05, 0.1) is 11.9 Å². The third-order valence-corrected chi connectivity index (χ3v) is 1.95. The van der Waals surface area contributed by atoms with Crippen LogP contribution in [0.2, 0.25) is 0 Å². The lowest BCUT2D eigenvalue weighted by molar-refractivity contribution is 0.508. The Labute approximate surface area is 91.3 Å². The van der Waals surface area contributed by atoms with Gasteiger partial charge in [0.25, 0.3) is 0 Å². The quantitative estimate of drug-likeness (QED) is 0.711. The van der Waals surface area contributed by atoms with Crippen molar-refractivity contribution in [3.8, 4) is 0 Å². The Kier molecular flexibility index (Phi) is 3.00. The smallest absolute Gasteiger partial charge is 0.159 e. The first-order valence-electron chi connectivity index (χ1n) is 4.65. The molecule has 4 heteroatoms. The van der Waals surface area contributed by atoms with E-state index in [9.17, 15) is 8.78 Å². The van der Waals surface area contributed by atoms with Crippen LogP contribution in [0.4, 0.5) is 14.5 Å². The van der Waals surface area contributed by atoms with Crippen molar-refractivity contribution in [1.29, 1.82) is 0 Å². The molecule has 0 spiro atoms. The zero-order valence-electron chi connectivity index (χ0n) is 8.27. The molecule has 0 radical (unpaired) electrons. The first kappa shape index (κ1) is 10.4. The van der Waals surface area contributed by atoms with Gasteiger partial charge in [-0.3, -0.25) is 9.98 Å². The molecule has 1 aromatic carbocycles. The predicted octanol–water partition coefficient (Wildman–Crippen LogP) is 3.11. The molecule has 0 saturated heterocycles. The van der Waals surface area contributed by atoms with Crippen LogP contribution in [0.1, 0.15) is 5.56 Å². The molecule has 1 aromatic heterocycles. The fraction of sp³-hybridized carbons (Fsp3) is 0. The van der Waals surface area contributed by atoms with E-state index in [-0.39, 0.29) is 0 Å².